The number of esters is 1. The van der Waals surface area contributed by atoms with Gasteiger partial charge in [-0.15, -0.1) is 0 Å². The van der Waals surface area contributed by atoms with Crippen molar-refractivity contribution in [2.24, 2.45) is 0 Å². The van der Waals surface area contributed by atoms with Crippen LogP contribution in [0.2, 0.25) is 0 Å². The summed E-state index contributed by atoms with van der Waals surface area (Å²) in [6.45, 7) is 0. The highest BCUT2D eigenvalue weighted by Gasteiger charge is 2.39. The van der Waals surface area contributed by atoms with Crippen LogP contribution in [0.25, 0.3) is 0 Å². The summed E-state index contributed by atoms with van der Waals surface area (Å²) >= 11 is 0. The minimum Gasteiger partial charge on any atom is -0.467 e. The molecule has 0 heterocycles. The molecule has 0 amide bonds. The zero-order valence-electron chi connectivity index (χ0n) is 8.47. The molecule has 1 rings (SSSR count). The van der Waals surface area contributed by atoms with E-state index in [9.17, 15) is 4.79 Å². The topological polar surface area (TPSA) is 35.5 Å². The first kappa shape index (κ1) is 10.5. The lowest BCUT2D eigenvalue weighted by atomic mass is 9.94. The second-order valence-electron chi connectivity index (χ2n) is 3.60. The highest BCUT2D eigenvalue weighted by atomic mass is 16.6. The Labute approximate surface area is 79.4 Å². The van der Waals surface area contributed by atoms with Crippen molar-refractivity contribution >= 4 is 5.97 Å². The minimum atomic E-state index is -0.648. The predicted octanol–water partition coefficient (Wildman–Crippen LogP) is 1.90. The Hall–Kier alpha value is -0.570. The van der Waals surface area contributed by atoms with Crippen molar-refractivity contribution in [1.29, 1.82) is 0 Å². The minimum absolute atomic E-state index is 0.211. The summed E-state index contributed by atoms with van der Waals surface area (Å²) in [7, 11) is 3.02. The Kier molecular flexibility index (Phi) is 3.72. The van der Waals surface area contributed by atoms with Gasteiger partial charge in [-0.3, -0.25) is 0 Å². The molecule has 0 atom stereocenters. The van der Waals surface area contributed by atoms with Gasteiger partial charge in [-0.05, 0) is 25.7 Å². The van der Waals surface area contributed by atoms with Crippen LogP contribution < -0.4 is 0 Å². The Morgan fingerprint density at radius 2 is 1.62 bits per heavy atom. The molecule has 1 aliphatic carbocycles. The Morgan fingerprint density at radius 1 is 1.08 bits per heavy atom. The number of rotatable bonds is 2. The molecule has 0 aromatic carbocycles. The van der Waals surface area contributed by atoms with Crippen molar-refractivity contribution in [3.8, 4) is 0 Å². The molecule has 0 radical (unpaired) electrons. The normalized spacial score (nSPS) is 22.0. The van der Waals surface area contributed by atoms with Crippen LogP contribution in [0.3, 0.4) is 0 Å². The van der Waals surface area contributed by atoms with Crippen molar-refractivity contribution in [2.75, 3.05) is 14.2 Å². The van der Waals surface area contributed by atoms with Gasteiger partial charge in [-0.2, -0.15) is 0 Å². The molecule has 0 unspecified atom stereocenters. The summed E-state index contributed by atoms with van der Waals surface area (Å²) in [5.41, 5.74) is -0.648. The summed E-state index contributed by atoms with van der Waals surface area (Å²) in [5, 5.41) is 0. The van der Waals surface area contributed by atoms with E-state index >= 15 is 0 Å². The van der Waals surface area contributed by atoms with Crippen molar-refractivity contribution < 1.29 is 14.3 Å². The molecule has 0 saturated heterocycles. The van der Waals surface area contributed by atoms with Gasteiger partial charge in [0.25, 0.3) is 0 Å². The van der Waals surface area contributed by atoms with E-state index in [2.05, 4.69) is 0 Å². The van der Waals surface area contributed by atoms with Crippen LogP contribution in [0.4, 0.5) is 0 Å². The number of hydrogen-bond acceptors (Lipinski definition) is 3. The lowest BCUT2D eigenvalue weighted by Crippen LogP contribution is -2.41. The van der Waals surface area contributed by atoms with Gasteiger partial charge in [0.1, 0.15) is 0 Å². The van der Waals surface area contributed by atoms with Crippen LogP contribution >= 0.6 is 0 Å². The molecule has 0 N–H and O–H groups in total. The van der Waals surface area contributed by atoms with Crippen molar-refractivity contribution in [3.05, 3.63) is 0 Å². The van der Waals surface area contributed by atoms with E-state index in [0.717, 1.165) is 25.7 Å². The molecule has 0 bridgehead atoms. The van der Waals surface area contributed by atoms with E-state index in [-0.39, 0.29) is 5.97 Å². The average Bonchev–Trinajstić information content (AvgIpc) is 2.42. The summed E-state index contributed by atoms with van der Waals surface area (Å²) in [6, 6.07) is 0. The second kappa shape index (κ2) is 4.61. The van der Waals surface area contributed by atoms with E-state index in [4.69, 9.17) is 9.47 Å². The number of hydrogen-bond donors (Lipinski definition) is 0. The van der Waals surface area contributed by atoms with Gasteiger partial charge >= 0.3 is 5.97 Å². The van der Waals surface area contributed by atoms with Gasteiger partial charge in [0.05, 0.1) is 7.11 Å². The molecule has 0 aliphatic heterocycles. The molecule has 1 aliphatic rings. The summed E-state index contributed by atoms with van der Waals surface area (Å²) in [4.78, 5) is 11.5. The van der Waals surface area contributed by atoms with Crippen LogP contribution in [-0.2, 0) is 14.3 Å². The first-order valence-electron chi connectivity index (χ1n) is 4.89. The Morgan fingerprint density at radius 3 is 2.00 bits per heavy atom. The zero-order valence-corrected chi connectivity index (χ0v) is 8.47. The van der Waals surface area contributed by atoms with Gasteiger partial charge in [-0.1, -0.05) is 12.8 Å². The third-order valence-electron chi connectivity index (χ3n) is 2.86. The first-order chi connectivity index (χ1) is 6.25. The van der Waals surface area contributed by atoms with E-state index in [1.807, 2.05) is 0 Å². The summed E-state index contributed by atoms with van der Waals surface area (Å²) in [5.74, 6) is -0.211. The maximum absolute atomic E-state index is 11.5. The second-order valence-corrected chi connectivity index (χ2v) is 3.60. The number of carbonyl (C=O) groups excluding carboxylic acids is 1. The van der Waals surface area contributed by atoms with Gasteiger partial charge in [0, 0.05) is 7.11 Å². The van der Waals surface area contributed by atoms with E-state index < -0.39 is 5.60 Å². The van der Waals surface area contributed by atoms with Gasteiger partial charge < -0.3 is 9.47 Å². The third-order valence-corrected chi connectivity index (χ3v) is 2.86. The maximum Gasteiger partial charge on any atom is 0.338 e. The summed E-state index contributed by atoms with van der Waals surface area (Å²) in [6.07, 6.45) is 6.11. The van der Waals surface area contributed by atoms with Gasteiger partial charge in [0.15, 0.2) is 5.60 Å². The summed E-state index contributed by atoms with van der Waals surface area (Å²) < 4.78 is 10.1. The number of ether oxygens (including phenoxy) is 2. The zero-order chi connectivity index (χ0) is 9.73. The molecule has 13 heavy (non-hydrogen) atoms. The van der Waals surface area contributed by atoms with Gasteiger partial charge in [0.2, 0.25) is 0 Å². The molecule has 0 aromatic rings. The van der Waals surface area contributed by atoms with Crippen molar-refractivity contribution in [1.82, 2.24) is 0 Å². The van der Waals surface area contributed by atoms with E-state index in [0.29, 0.717) is 0 Å². The number of methoxy groups -OCH3 is 2. The van der Waals surface area contributed by atoms with Crippen molar-refractivity contribution in [3.63, 3.8) is 0 Å². The third kappa shape index (κ3) is 2.21. The molecule has 0 aromatic heterocycles. The standard InChI is InChI=1S/C10H18O3/c1-12-9(11)10(13-2)7-5-3-4-6-8-10/h3-8H2,1-2H3. The van der Waals surface area contributed by atoms with Crippen LogP contribution in [-0.4, -0.2) is 25.8 Å². The molecule has 3 nitrogen and oxygen atoms in total. The van der Waals surface area contributed by atoms with Crippen LogP contribution in [0.15, 0.2) is 0 Å². The molecular weight excluding hydrogens is 168 g/mol. The van der Waals surface area contributed by atoms with Gasteiger partial charge in [-0.25, -0.2) is 4.79 Å². The fourth-order valence-corrected chi connectivity index (χ4v) is 1.98. The highest BCUT2D eigenvalue weighted by Crippen LogP contribution is 2.30. The maximum atomic E-state index is 11.5. The fraction of sp³-hybridized carbons (Fsp3) is 0.900. The van der Waals surface area contributed by atoms with Crippen LogP contribution in [0, 0.1) is 0 Å². The molecule has 76 valence electrons. The highest BCUT2D eigenvalue weighted by molar-refractivity contribution is 5.79. The van der Waals surface area contributed by atoms with E-state index in [1.165, 1.54) is 20.0 Å². The van der Waals surface area contributed by atoms with E-state index in [1.54, 1.807) is 7.11 Å². The smallest absolute Gasteiger partial charge is 0.338 e. The fourth-order valence-electron chi connectivity index (χ4n) is 1.98. The number of carbonyl (C=O) groups is 1. The van der Waals surface area contributed by atoms with Crippen LogP contribution in [0.5, 0.6) is 0 Å². The predicted molar refractivity (Wildman–Crippen MR) is 49.5 cm³/mol. The Bertz CT molecular complexity index is 169. The quantitative estimate of drug-likeness (QED) is 0.488. The Balaban J connectivity index is 2.70. The van der Waals surface area contributed by atoms with Crippen molar-refractivity contribution in [2.45, 2.75) is 44.1 Å². The lowest BCUT2D eigenvalue weighted by Gasteiger charge is -2.27. The van der Waals surface area contributed by atoms with Crippen LogP contribution in [0.1, 0.15) is 38.5 Å². The first-order valence-corrected chi connectivity index (χ1v) is 4.89. The monoisotopic (exact) mass is 186 g/mol. The molecule has 0 spiro atoms. The largest absolute Gasteiger partial charge is 0.467 e. The molecule has 1 fully saturated rings. The molecular formula is C10H18O3. The average molecular weight is 186 g/mol. The SMILES string of the molecule is COC(=O)C1(OC)CCCCCC1. The molecule has 1 saturated carbocycles. The lowest BCUT2D eigenvalue weighted by molar-refractivity contribution is -0.167. The molecule has 3 heteroatoms.